The number of carbonyl (C=O) groups excluding carboxylic acids is 1. The molecule has 1 fully saturated rings. The lowest BCUT2D eigenvalue weighted by molar-refractivity contribution is -0.118. The number of fused-ring (bicyclic) bond motifs is 2. The Hall–Kier alpha value is -6.23. The molecular weight excluding hydrogens is 969 g/mol. The Labute approximate surface area is 416 Å². The van der Waals surface area contributed by atoms with Crippen molar-refractivity contribution in [3.05, 3.63) is 131 Å². The average molecular weight is 1030 g/mol. The Kier molecular flexibility index (Phi) is 15.3. The first-order chi connectivity index (χ1) is 34.2. The molecule has 1 saturated heterocycles. The van der Waals surface area contributed by atoms with E-state index in [2.05, 4.69) is 69.1 Å². The standard InChI is InChI=1S/C49H59FN9O11PSi/c1-30(2)44(60)56-47-55-43-40(45(61)57-47)53-29-59(43)46-41(70-71(62,63)67-27-38-54-36-25-51-28-52-42(36)58(38)23-24-68-72(8,9)48(3,4)5)39(50)37(69-46)26-66-49(31-13-11-10-12-14-31,32-15-19-34(64-6)20-16-32)33-17-21-35(65-7)22-18-33/h10-22,25,28-30,37,39,41,46H,23-24,26-27H2,1-9H3,(H,62,63)(H2,55,56,57,60,61)/t37-,39-,41-,46-/m1/s1. The van der Waals surface area contributed by atoms with Crippen LogP contribution in [0.3, 0.4) is 0 Å². The van der Waals surface area contributed by atoms with Gasteiger partial charge in [-0.05, 0) is 59.1 Å². The number of carbonyl (C=O) groups is 1. The molecule has 4 aromatic heterocycles. The van der Waals surface area contributed by atoms with Crippen molar-refractivity contribution in [1.82, 2.24) is 39.0 Å². The lowest BCUT2D eigenvalue weighted by Crippen LogP contribution is -2.41. The van der Waals surface area contributed by atoms with Crippen LogP contribution in [0.1, 0.15) is 63.4 Å². The monoisotopic (exact) mass is 1030 g/mol. The molecule has 1 aliphatic rings. The summed E-state index contributed by atoms with van der Waals surface area (Å²) in [5, 5.41) is 2.51. The second kappa shape index (κ2) is 21.1. The number of phosphoric acid groups is 1. The summed E-state index contributed by atoms with van der Waals surface area (Å²) in [6, 6.07) is 23.8. The number of H-pyrrole nitrogens is 1. The molecule has 0 radical (unpaired) electrons. The SMILES string of the molecule is COc1ccc(C(OC[C@H]2O[C@@H](n3cnc4c(=O)[nH]c(NC(=O)C(C)C)nc43)[C@H](OP(=O)(O)OCc3nc4cncnc4n3CCO[Si](C)(C)C(C)(C)C)[C@@H]2F)(c2ccccc2)c2ccc(OC)cc2)cc1. The molecule has 0 aliphatic carbocycles. The van der Waals surface area contributed by atoms with Crippen LogP contribution in [0.2, 0.25) is 18.1 Å². The number of aromatic nitrogens is 8. The number of aromatic amines is 1. The summed E-state index contributed by atoms with van der Waals surface area (Å²) in [6.45, 7) is 13.5. The average Bonchev–Trinajstić information content (AvgIpc) is 4.04. The molecule has 72 heavy (non-hydrogen) atoms. The highest BCUT2D eigenvalue weighted by atomic mass is 31.2. The van der Waals surface area contributed by atoms with Gasteiger partial charge in [-0.1, -0.05) is 89.2 Å². The minimum atomic E-state index is -5.25. The third-order valence-electron chi connectivity index (χ3n) is 13.1. The molecule has 1 aliphatic heterocycles. The van der Waals surface area contributed by atoms with Gasteiger partial charge in [-0.25, -0.2) is 28.9 Å². The molecule has 5 heterocycles. The van der Waals surface area contributed by atoms with Gasteiger partial charge >= 0.3 is 7.82 Å². The molecule has 1 amide bonds. The van der Waals surface area contributed by atoms with Crippen LogP contribution in [0.25, 0.3) is 22.3 Å². The van der Waals surface area contributed by atoms with Crippen LogP contribution in [0, 0.1) is 5.92 Å². The molecule has 23 heteroatoms. The van der Waals surface area contributed by atoms with Gasteiger partial charge in [-0.15, -0.1) is 0 Å². The number of hydrogen-bond acceptors (Lipinski definition) is 15. The maximum atomic E-state index is 17.6. The van der Waals surface area contributed by atoms with Crippen molar-refractivity contribution in [2.24, 2.45) is 5.92 Å². The first-order valence-corrected chi connectivity index (χ1v) is 27.7. The summed E-state index contributed by atoms with van der Waals surface area (Å²) in [6.07, 6.45) is -3.22. The number of methoxy groups -OCH3 is 2. The van der Waals surface area contributed by atoms with Crippen molar-refractivity contribution in [3.8, 4) is 11.5 Å². The summed E-state index contributed by atoms with van der Waals surface area (Å²) in [5.41, 5.74) is 0.332. The molecule has 3 aromatic carbocycles. The van der Waals surface area contributed by atoms with Gasteiger partial charge in [-0.3, -0.25) is 33.5 Å². The maximum Gasteiger partial charge on any atom is 0.473 e. The van der Waals surface area contributed by atoms with Crippen molar-refractivity contribution in [3.63, 3.8) is 0 Å². The predicted octanol–water partition coefficient (Wildman–Crippen LogP) is 7.84. The van der Waals surface area contributed by atoms with Gasteiger partial charge < -0.3 is 32.8 Å². The van der Waals surface area contributed by atoms with Crippen LogP contribution in [0.4, 0.5) is 10.3 Å². The van der Waals surface area contributed by atoms with Crippen LogP contribution in [-0.2, 0) is 51.1 Å². The van der Waals surface area contributed by atoms with E-state index >= 15 is 4.39 Å². The molecule has 20 nitrogen and oxygen atoms in total. The quantitative estimate of drug-likeness (QED) is 0.0374. The number of hydrogen-bond donors (Lipinski definition) is 3. The van der Waals surface area contributed by atoms with E-state index in [1.54, 1.807) is 56.9 Å². The van der Waals surface area contributed by atoms with Crippen molar-refractivity contribution >= 4 is 50.3 Å². The minimum Gasteiger partial charge on any atom is -0.497 e. The molecule has 0 spiro atoms. The normalized spacial score (nSPS) is 18.4. The van der Waals surface area contributed by atoms with Crippen LogP contribution in [-0.4, -0.2) is 104 Å². The number of phosphoric ester groups is 1. The molecule has 0 bridgehead atoms. The summed E-state index contributed by atoms with van der Waals surface area (Å²) in [4.78, 5) is 61.9. The van der Waals surface area contributed by atoms with Gasteiger partial charge in [0.25, 0.3) is 5.56 Å². The van der Waals surface area contributed by atoms with E-state index in [4.69, 9.17) is 32.4 Å². The lowest BCUT2D eigenvalue weighted by atomic mass is 9.80. The zero-order valence-electron chi connectivity index (χ0n) is 41.4. The van der Waals surface area contributed by atoms with Gasteiger partial charge in [0.05, 0.1) is 40.0 Å². The number of nitrogens with zero attached hydrogens (tertiary/aromatic N) is 7. The van der Waals surface area contributed by atoms with E-state index in [0.29, 0.717) is 46.0 Å². The van der Waals surface area contributed by atoms with E-state index in [1.807, 2.05) is 54.6 Å². The Morgan fingerprint density at radius 1 is 0.944 bits per heavy atom. The number of nitrogens with one attached hydrogen (secondary N) is 2. The molecule has 7 aromatic rings. The fourth-order valence-electron chi connectivity index (χ4n) is 8.08. The molecule has 3 N–H and O–H groups in total. The number of rotatable bonds is 20. The van der Waals surface area contributed by atoms with Crippen LogP contribution >= 0.6 is 7.82 Å². The zero-order valence-corrected chi connectivity index (χ0v) is 43.3. The second-order valence-electron chi connectivity index (χ2n) is 19.0. The van der Waals surface area contributed by atoms with Crippen molar-refractivity contribution in [1.29, 1.82) is 0 Å². The smallest absolute Gasteiger partial charge is 0.473 e. The number of amides is 1. The third kappa shape index (κ3) is 10.8. The first-order valence-electron chi connectivity index (χ1n) is 23.3. The third-order valence-corrected chi connectivity index (χ3v) is 18.6. The molecule has 1 unspecified atom stereocenters. The summed E-state index contributed by atoms with van der Waals surface area (Å²) < 4.78 is 77.1. The van der Waals surface area contributed by atoms with Crippen molar-refractivity contribution in [2.45, 2.75) is 96.1 Å². The number of benzene rings is 3. The van der Waals surface area contributed by atoms with Crippen molar-refractivity contribution < 1.29 is 51.1 Å². The number of alkyl halides is 1. The number of anilines is 1. The molecule has 0 saturated carbocycles. The molecule has 382 valence electrons. The van der Waals surface area contributed by atoms with Crippen molar-refractivity contribution in [2.75, 3.05) is 32.8 Å². The van der Waals surface area contributed by atoms with E-state index in [9.17, 15) is 19.0 Å². The second-order valence-corrected chi connectivity index (χ2v) is 25.3. The fourth-order valence-corrected chi connectivity index (χ4v) is 9.98. The van der Waals surface area contributed by atoms with Gasteiger partial charge in [0.1, 0.15) is 53.6 Å². The summed E-state index contributed by atoms with van der Waals surface area (Å²) >= 11 is 0. The molecule has 5 atom stereocenters. The molecule has 8 rings (SSSR count). The van der Waals surface area contributed by atoms with Crippen LogP contribution < -0.4 is 20.3 Å². The highest BCUT2D eigenvalue weighted by Gasteiger charge is 2.52. The number of halogens is 1. The Morgan fingerprint density at radius 3 is 2.19 bits per heavy atom. The summed E-state index contributed by atoms with van der Waals surface area (Å²) in [5.74, 6) is 0.248. The fraction of sp³-hybridized carbons (Fsp3) is 0.408. The van der Waals surface area contributed by atoms with Gasteiger partial charge in [0, 0.05) is 12.5 Å². The minimum absolute atomic E-state index is 0.0565. The van der Waals surface area contributed by atoms with E-state index in [0.717, 1.165) is 0 Å². The first kappa shape index (κ1) is 52.1. The van der Waals surface area contributed by atoms with Gasteiger partial charge in [0.2, 0.25) is 11.9 Å². The number of ether oxygens (including phenoxy) is 4. The van der Waals surface area contributed by atoms with E-state index < -0.39 is 76.9 Å². The largest absolute Gasteiger partial charge is 0.497 e. The van der Waals surface area contributed by atoms with Crippen LogP contribution in [0.5, 0.6) is 11.5 Å². The van der Waals surface area contributed by atoms with E-state index in [-0.39, 0.29) is 34.5 Å². The molecular formula is C49H59FN9O11PSi. The Morgan fingerprint density at radius 2 is 1.58 bits per heavy atom. The number of imidazole rings is 2. The Balaban J connectivity index is 1.15. The van der Waals surface area contributed by atoms with Gasteiger partial charge in [-0.2, -0.15) is 4.98 Å². The van der Waals surface area contributed by atoms with Crippen LogP contribution in [0.15, 0.2) is 103 Å². The highest BCUT2D eigenvalue weighted by Crippen LogP contribution is 2.51. The van der Waals surface area contributed by atoms with Gasteiger partial charge in [0.15, 0.2) is 37.5 Å². The topological polar surface area (TPSA) is 238 Å². The lowest BCUT2D eigenvalue weighted by Gasteiger charge is -2.37. The zero-order chi connectivity index (χ0) is 51.6. The Bertz CT molecular complexity index is 3070. The maximum absolute atomic E-state index is 17.6. The van der Waals surface area contributed by atoms with E-state index in [1.165, 1.54) is 23.4 Å². The predicted molar refractivity (Wildman–Crippen MR) is 267 cm³/mol. The highest BCUT2D eigenvalue weighted by molar-refractivity contribution is 7.47. The summed E-state index contributed by atoms with van der Waals surface area (Å²) in [7, 11) is -4.30.